The average molecular weight is 392 g/mol. The summed E-state index contributed by atoms with van der Waals surface area (Å²) in [6.07, 6.45) is 0. The van der Waals surface area contributed by atoms with E-state index in [1.807, 2.05) is 43.3 Å². The van der Waals surface area contributed by atoms with Crippen molar-refractivity contribution in [2.75, 3.05) is 25.0 Å². The molecule has 2 aromatic carbocycles. The number of ether oxygens (including phenoxy) is 1. The topological polar surface area (TPSA) is 96.4 Å². The van der Waals surface area contributed by atoms with E-state index >= 15 is 0 Å². The molecule has 0 radical (unpaired) electrons. The predicted molar refractivity (Wildman–Crippen MR) is 112 cm³/mol. The molecule has 150 valence electrons. The Hall–Kier alpha value is -3.19. The minimum Gasteiger partial charge on any atom is -0.507 e. The molecule has 0 aliphatic carbocycles. The molecule has 1 aromatic heterocycles. The number of aromatic hydroxyl groups is 1. The maximum atomic E-state index is 12.3. The highest BCUT2D eigenvalue weighted by atomic mass is 16.5. The molecule has 3 aromatic rings. The third kappa shape index (κ3) is 3.86. The van der Waals surface area contributed by atoms with Crippen LogP contribution < -0.4 is 10.6 Å². The molecular weight excluding hydrogens is 368 g/mol. The van der Waals surface area contributed by atoms with Gasteiger partial charge in [-0.1, -0.05) is 23.8 Å². The summed E-state index contributed by atoms with van der Waals surface area (Å²) in [4.78, 5) is 21.7. The zero-order chi connectivity index (χ0) is 20.4. The van der Waals surface area contributed by atoms with Crippen LogP contribution >= 0.6 is 0 Å². The number of benzene rings is 2. The fraction of sp³-hybridized carbons (Fsp3) is 0.318. The molecule has 2 atom stereocenters. The van der Waals surface area contributed by atoms with Crippen molar-refractivity contribution < 1.29 is 14.6 Å². The number of rotatable bonds is 5. The third-order valence-corrected chi connectivity index (χ3v) is 5.12. The van der Waals surface area contributed by atoms with Crippen LogP contribution in [-0.2, 0) is 9.53 Å². The largest absolute Gasteiger partial charge is 0.507 e. The van der Waals surface area contributed by atoms with E-state index in [4.69, 9.17) is 9.72 Å². The van der Waals surface area contributed by atoms with Crippen molar-refractivity contribution in [3.8, 4) is 17.1 Å². The van der Waals surface area contributed by atoms with Crippen LogP contribution in [0.1, 0.15) is 12.5 Å². The van der Waals surface area contributed by atoms with Crippen molar-refractivity contribution in [2.45, 2.75) is 19.9 Å². The Kier molecular flexibility index (Phi) is 5.31. The summed E-state index contributed by atoms with van der Waals surface area (Å²) in [5.41, 5.74) is 2.34. The monoisotopic (exact) mass is 392 g/mol. The number of aryl methyl sites for hydroxylation is 1. The summed E-state index contributed by atoms with van der Waals surface area (Å²) in [6, 6.07) is 12.9. The molecule has 1 fully saturated rings. The van der Waals surface area contributed by atoms with Gasteiger partial charge in [0.2, 0.25) is 0 Å². The van der Waals surface area contributed by atoms with Crippen molar-refractivity contribution in [2.24, 2.45) is 5.92 Å². The van der Waals surface area contributed by atoms with Crippen LogP contribution in [-0.4, -0.2) is 46.8 Å². The van der Waals surface area contributed by atoms with Crippen molar-refractivity contribution in [1.82, 2.24) is 15.3 Å². The molecule has 4 rings (SSSR count). The molecule has 0 bridgehead atoms. The molecule has 7 nitrogen and oxygen atoms in total. The second kappa shape index (κ2) is 8.05. The number of anilines is 1. The van der Waals surface area contributed by atoms with Gasteiger partial charge in [0, 0.05) is 18.5 Å². The number of para-hydroxylation sites is 1. The highest BCUT2D eigenvalue weighted by Crippen LogP contribution is 2.31. The van der Waals surface area contributed by atoms with E-state index in [-0.39, 0.29) is 23.7 Å². The Labute approximate surface area is 169 Å². The lowest BCUT2D eigenvalue weighted by Gasteiger charge is -2.20. The number of aromatic nitrogens is 2. The zero-order valence-electron chi connectivity index (χ0n) is 16.5. The summed E-state index contributed by atoms with van der Waals surface area (Å²) in [5.74, 6) is 0.689. The lowest BCUT2D eigenvalue weighted by molar-refractivity contribution is -0.147. The lowest BCUT2D eigenvalue weighted by atomic mass is 10.0. The minimum absolute atomic E-state index is 0.128. The molecule has 0 saturated carbocycles. The Balaban J connectivity index is 1.75. The highest BCUT2D eigenvalue weighted by Gasteiger charge is 2.34. The number of carbonyl (C=O) groups is 1. The fourth-order valence-corrected chi connectivity index (χ4v) is 3.64. The smallest absolute Gasteiger partial charge is 0.312 e. The Bertz CT molecular complexity index is 1050. The van der Waals surface area contributed by atoms with E-state index in [9.17, 15) is 9.90 Å². The number of hydrogen-bond donors (Lipinski definition) is 3. The second-order valence-corrected chi connectivity index (χ2v) is 7.20. The number of nitrogens with zero attached hydrogens (tertiary/aromatic N) is 2. The molecular formula is C22H24N4O3. The van der Waals surface area contributed by atoms with Crippen LogP contribution in [0.5, 0.6) is 5.75 Å². The molecule has 0 unspecified atom stereocenters. The molecule has 1 aliphatic rings. The second-order valence-electron chi connectivity index (χ2n) is 7.20. The van der Waals surface area contributed by atoms with Crippen molar-refractivity contribution in [3.05, 3.63) is 48.0 Å². The summed E-state index contributed by atoms with van der Waals surface area (Å²) >= 11 is 0. The van der Waals surface area contributed by atoms with E-state index in [0.29, 0.717) is 36.9 Å². The predicted octanol–water partition coefficient (Wildman–Crippen LogP) is 2.87. The normalized spacial score (nSPS) is 18.7. The number of phenolic OH excluding ortho intramolecular Hbond substituents is 1. The van der Waals surface area contributed by atoms with Gasteiger partial charge in [-0.25, -0.2) is 9.97 Å². The number of esters is 1. The minimum atomic E-state index is -0.292. The molecule has 7 heteroatoms. The highest BCUT2D eigenvalue weighted by molar-refractivity contribution is 5.91. The van der Waals surface area contributed by atoms with Crippen LogP contribution in [0.3, 0.4) is 0 Å². The SMILES string of the molecule is CCOC(=O)[C@@H]1CNC[C@H]1Nc1nc(-c2cc(C)ccc2O)nc2ccccc12. The first-order chi connectivity index (χ1) is 14.1. The molecule has 1 aliphatic heterocycles. The van der Waals surface area contributed by atoms with E-state index in [2.05, 4.69) is 15.6 Å². The van der Waals surface area contributed by atoms with Crippen molar-refractivity contribution >= 4 is 22.7 Å². The van der Waals surface area contributed by atoms with E-state index in [1.165, 1.54) is 0 Å². The average Bonchev–Trinajstić information content (AvgIpc) is 3.18. The van der Waals surface area contributed by atoms with Crippen LogP contribution in [0.15, 0.2) is 42.5 Å². The Morgan fingerprint density at radius 2 is 2.07 bits per heavy atom. The first kappa shape index (κ1) is 19.1. The molecule has 29 heavy (non-hydrogen) atoms. The number of phenols is 1. The Morgan fingerprint density at radius 1 is 1.24 bits per heavy atom. The first-order valence-electron chi connectivity index (χ1n) is 9.77. The van der Waals surface area contributed by atoms with E-state index < -0.39 is 0 Å². The number of carbonyl (C=O) groups excluding carboxylic acids is 1. The molecule has 0 amide bonds. The van der Waals surface area contributed by atoms with Crippen LogP contribution in [0.4, 0.5) is 5.82 Å². The van der Waals surface area contributed by atoms with Gasteiger partial charge >= 0.3 is 5.97 Å². The third-order valence-electron chi connectivity index (χ3n) is 5.12. The molecule has 1 saturated heterocycles. The zero-order valence-corrected chi connectivity index (χ0v) is 16.5. The number of nitrogens with one attached hydrogen (secondary N) is 2. The van der Waals surface area contributed by atoms with Gasteiger partial charge in [0.1, 0.15) is 11.6 Å². The summed E-state index contributed by atoms with van der Waals surface area (Å²) < 4.78 is 5.22. The van der Waals surface area contributed by atoms with E-state index in [1.54, 1.807) is 13.0 Å². The maximum Gasteiger partial charge on any atom is 0.312 e. The quantitative estimate of drug-likeness (QED) is 0.575. The summed E-state index contributed by atoms with van der Waals surface area (Å²) in [7, 11) is 0. The summed E-state index contributed by atoms with van der Waals surface area (Å²) in [5, 5.41) is 17.9. The van der Waals surface area contributed by atoms with Crippen LogP contribution in [0, 0.1) is 12.8 Å². The molecule has 0 spiro atoms. The van der Waals surface area contributed by atoms with Gasteiger partial charge in [0.25, 0.3) is 0 Å². The van der Waals surface area contributed by atoms with Crippen molar-refractivity contribution in [1.29, 1.82) is 0 Å². The fourth-order valence-electron chi connectivity index (χ4n) is 3.64. The van der Waals surface area contributed by atoms with Crippen molar-refractivity contribution in [3.63, 3.8) is 0 Å². The Morgan fingerprint density at radius 3 is 2.90 bits per heavy atom. The molecule has 3 N–H and O–H groups in total. The maximum absolute atomic E-state index is 12.3. The van der Waals surface area contributed by atoms with Gasteiger partial charge in [-0.05, 0) is 38.1 Å². The number of fused-ring (bicyclic) bond motifs is 1. The van der Waals surface area contributed by atoms with Gasteiger partial charge in [-0.3, -0.25) is 4.79 Å². The summed E-state index contributed by atoms with van der Waals surface area (Å²) in [6.45, 7) is 5.31. The van der Waals surface area contributed by atoms with Gasteiger partial charge in [0.05, 0.1) is 29.6 Å². The van der Waals surface area contributed by atoms with Crippen LogP contribution in [0.25, 0.3) is 22.3 Å². The van der Waals surface area contributed by atoms with Gasteiger partial charge in [-0.15, -0.1) is 0 Å². The van der Waals surface area contributed by atoms with Crippen LogP contribution in [0.2, 0.25) is 0 Å². The first-order valence-corrected chi connectivity index (χ1v) is 9.77. The van der Waals surface area contributed by atoms with Gasteiger partial charge in [-0.2, -0.15) is 0 Å². The molecule has 2 heterocycles. The number of hydrogen-bond acceptors (Lipinski definition) is 7. The lowest BCUT2D eigenvalue weighted by Crippen LogP contribution is -2.35. The van der Waals surface area contributed by atoms with Gasteiger partial charge < -0.3 is 20.5 Å². The standard InChI is InChI=1S/C22H24N4O3/c1-3-29-22(28)16-11-23-12-18(16)25-20-14-6-4-5-7-17(14)24-21(26-20)15-10-13(2)8-9-19(15)27/h4-10,16,18,23,27H,3,11-12H2,1-2H3,(H,24,25,26)/t16-,18-/m1/s1. The van der Waals surface area contributed by atoms with E-state index in [0.717, 1.165) is 16.5 Å². The van der Waals surface area contributed by atoms with Gasteiger partial charge in [0.15, 0.2) is 5.82 Å².